The summed E-state index contributed by atoms with van der Waals surface area (Å²) in [6.45, 7) is 5.56. The molecule has 0 aliphatic carbocycles. The summed E-state index contributed by atoms with van der Waals surface area (Å²) < 4.78 is 6.46. The lowest BCUT2D eigenvalue weighted by atomic mass is 9.66. The van der Waals surface area contributed by atoms with E-state index in [2.05, 4.69) is 41.9 Å². The Hall–Kier alpha value is -0.380. The molecule has 2 rings (SSSR count). The summed E-state index contributed by atoms with van der Waals surface area (Å²) in [7, 11) is 0. The molecule has 1 aliphatic rings. The zero-order valence-corrected chi connectivity index (χ0v) is 10.7. The van der Waals surface area contributed by atoms with Gasteiger partial charge in [0, 0.05) is 10.0 Å². The Balaban J connectivity index is 2.43. The van der Waals surface area contributed by atoms with Crippen LogP contribution >= 0.6 is 15.9 Å². The molecule has 0 spiro atoms. The molecule has 0 unspecified atom stereocenters. The Kier molecular flexibility index (Phi) is 2.65. The van der Waals surface area contributed by atoms with Gasteiger partial charge in [-0.2, -0.15) is 0 Å². The topological polar surface area (TPSA) is 35.2 Å². The molecule has 15 heavy (non-hydrogen) atoms. The minimum absolute atomic E-state index is 0.0310. The lowest BCUT2D eigenvalue weighted by Crippen LogP contribution is -2.64. The summed E-state index contributed by atoms with van der Waals surface area (Å²) in [6.07, 6.45) is 0. The monoisotopic (exact) mass is 269 g/mol. The van der Waals surface area contributed by atoms with Gasteiger partial charge in [0.2, 0.25) is 0 Å². The fourth-order valence-corrected chi connectivity index (χ4v) is 2.40. The molecule has 1 heterocycles. The molecule has 3 heteroatoms. The maximum absolute atomic E-state index is 6.26. The molecule has 1 aliphatic heterocycles. The van der Waals surface area contributed by atoms with Crippen LogP contribution in [0, 0.1) is 0 Å². The normalized spacial score (nSPS) is 19.7. The first-order chi connectivity index (χ1) is 6.96. The number of halogens is 1. The van der Waals surface area contributed by atoms with Crippen molar-refractivity contribution in [3.63, 3.8) is 0 Å². The van der Waals surface area contributed by atoms with Crippen LogP contribution in [0.3, 0.4) is 0 Å². The quantitative estimate of drug-likeness (QED) is 0.896. The molecule has 0 bridgehead atoms. The number of nitrogens with two attached hydrogens (primary N) is 1. The molecular formula is C12H16BrNO. The molecular weight excluding hydrogens is 254 g/mol. The fourth-order valence-electron chi connectivity index (χ4n) is 2.00. The van der Waals surface area contributed by atoms with Crippen molar-refractivity contribution in [1.82, 2.24) is 0 Å². The van der Waals surface area contributed by atoms with Crippen molar-refractivity contribution in [2.24, 2.45) is 5.73 Å². The van der Waals surface area contributed by atoms with E-state index in [1.165, 1.54) is 5.56 Å². The van der Waals surface area contributed by atoms with E-state index >= 15 is 0 Å². The highest BCUT2D eigenvalue weighted by molar-refractivity contribution is 9.10. The van der Waals surface area contributed by atoms with Gasteiger partial charge in [0.05, 0.1) is 18.6 Å². The third-order valence-electron chi connectivity index (χ3n) is 3.31. The molecule has 1 fully saturated rings. The largest absolute Gasteiger partial charge is 0.379 e. The molecule has 2 nitrogen and oxygen atoms in total. The Morgan fingerprint density at radius 1 is 1.40 bits per heavy atom. The number of hydrogen-bond donors (Lipinski definition) is 1. The molecule has 0 radical (unpaired) electrons. The van der Waals surface area contributed by atoms with E-state index < -0.39 is 0 Å². The van der Waals surface area contributed by atoms with E-state index in [4.69, 9.17) is 10.5 Å². The maximum atomic E-state index is 6.26. The molecule has 1 aromatic carbocycles. The Bertz CT molecular complexity index is 366. The van der Waals surface area contributed by atoms with Crippen molar-refractivity contribution in [2.45, 2.75) is 24.8 Å². The molecule has 0 saturated carbocycles. The van der Waals surface area contributed by atoms with Crippen molar-refractivity contribution >= 4 is 15.9 Å². The summed E-state index contributed by atoms with van der Waals surface area (Å²) in [4.78, 5) is 0. The van der Waals surface area contributed by atoms with E-state index in [0.717, 1.165) is 4.47 Å². The van der Waals surface area contributed by atoms with E-state index in [1.807, 2.05) is 12.1 Å². The van der Waals surface area contributed by atoms with Gasteiger partial charge in [-0.15, -0.1) is 0 Å². The van der Waals surface area contributed by atoms with Gasteiger partial charge < -0.3 is 10.5 Å². The van der Waals surface area contributed by atoms with Gasteiger partial charge in [-0.3, -0.25) is 0 Å². The number of rotatable bonds is 2. The summed E-state index contributed by atoms with van der Waals surface area (Å²) in [5, 5.41) is 0. The van der Waals surface area contributed by atoms with Crippen LogP contribution in [0.5, 0.6) is 0 Å². The first-order valence-corrected chi connectivity index (χ1v) is 5.88. The minimum atomic E-state index is -0.258. The van der Waals surface area contributed by atoms with Gasteiger partial charge in [0.15, 0.2) is 0 Å². The van der Waals surface area contributed by atoms with Crippen LogP contribution in [-0.2, 0) is 10.2 Å². The molecule has 1 aromatic rings. The van der Waals surface area contributed by atoms with Crippen LogP contribution < -0.4 is 5.73 Å². The lowest BCUT2D eigenvalue weighted by molar-refractivity contribution is -0.0919. The molecule has 2 N–H and O–H groups in total. The zero-order valence-electron chi connectivity index (χ0n) is 9.09. The Morgan fingerprint density at radius 3 is 2.47 bits per heavy atom. The average molecular weight is 270 g/mol. The van der Waals surface area contributed by atoms with Gasteiger partial charge in [-0.1, -0.05) is 28.1 Å². The third kappa shape index (κ3) is 1.73. The van der Waals surface area contributed by atoms with Crippen molar-refractivity contribution in [2.75, 3.05) is 13.2 Å². The summed E-state index contributed by atoms with van der Waals surface area (Å²) >= 11 is 3.49. The average Bonchev–Trinajstić information content (AvgIpc) is 1.98. The number of benzene rings is 1. The summed E-state index contributed by atoms with van der Waals surface area (Å²) in [6, 6.07) is 8.34. The van der Waals surface area contributed by atoms with Crippen molar-refractivity contribution in [1.29, 1.82) is 0 Å². The van der Waals surface area contributed by atoms with Crippen molar-refractivity contribution in [3.05, 3.63) is 34.3 Å². The van der Waals surface area contributed by atoms with Gasteiger partial charge >= 0.3 is 0 Å². The van der Waals surface area contributed by atoms with Gasteiger partial charge in [0.1, 0.15) is 0 Å². The van der Waals surface area contributed by atoms with Crippen LogP contribution in [-0.4, -0.2) is 18.8 Å². The predicted octanol–water partition coefficient (Wildman–Crippen LogP) is 2.45. The second-order valence-corrected chi connectivity index (χ2v) is 5.72. The molecule has 0 atom stereocenters. The van der Waals surface area contributed by atoms with Gasteiger partial charge in [-0.05, 0) is 31.5 Å². The first kappa shape index (κ1) is 11.1. The van der Waals surface area contributed by atoms with Crippen LogP contribution in [0.1, 0.15) is 19.4 Å². The standard InChI is InChI=1S/C12H16BrNO/c1-11(2,14)12(7-15-8-12)9-4-3-5-10(13)6-9/h3-6H,7-8,14H2,1-2H3. The Labute approximate surface area is 98.9 Å². The second-order valence-electron chi connectivity index (χ2n) is 4.81. The predicted molar refractivity (Wildman–Crippen MR) is 64.9 cm³/mol. The van der Waals surface area contributed by atoms with E-state index in [9.17, 15) is 0 Å². The molecule has 82 valence electrons. The van der Waals surface area contributed by atoms with Crippen LogP contribution in [0.4, 0.5) is 0 Å². The van der Waals surface area contributed by atoms with E-state index in [1.54, 1.807) is 0 Å². The van der Waals surface area contributed by atoms with Gasteiger partial charge in [-0.25, -0.2) is 0 Å². The SMILES string of the molecule is CC(C)(N)C1(c2cccc(Br)c2)COC1. The third-order valence-corrected chi connectivity index (χ3v) is 3.80. The number of hydrogen-bond acceptors (Lipinski definition) is 2. The van der Waals surface area contributed by atoms with Gasteiger partial charge in [0.25, 0.3) is 0 Å². The Morgan fingerprint density at radius 2 is 2.07 bits per heavy atom. The van der Waals surface area contributed by atoms with Crippen LogP contribution in [0.2, 0.25) is 0 Å². The minimum Gasteiger partial charge on any atom is -0.379 e. The summed E-state index contributed by atoms with van der Waals surface area (Å²) in [5.41, 5.74) is 7.23. The lowest BCUT2D eigenvalue weighted by Gasteiger charge is -2.51. The van der Waals surface area contributed by atoms with Crippen LogP contribution in [0.25, 0.3) is 0 Å². The van der Waals surface area contributed by atoms with E-state index in [0.29, 0.717) is 13.2 Å². The maximum Gasteiger partial charge on any atom is 0.0603 e. The number of ether oxygens (including phenoxy) is 1. The molecule has 0 amide bonds. The molecule has 1 saturated heterocycles. The smallest absolute Gasteiger partial charge is 0.0603 e. The highest BCUT2D eigenvalue weighted by Gasteiger charge is 2.50. The van der Waals surface area contributed by atoms with Crippen molar-refractivity contribution in [3.8, 4) is 0 Å². The fraction of sp³-hybridized carbons (Fsp3) is 0.500. The zero-order chi connectivity index (χ0) is 11.1. The second kappa shape index (κ2) is 3.58. The summed E-state index contributed by atoms with van der Waals surface area (Å²) in [5.74, 6) is 0. The highest BCUT2D eigenvalue weighted by atomic mass is 79.9. The van der Waals surface area contributed by atoms with E-state index in [-0.39, 0.29) is 11.0 Å². The van der Waals surface area contributed by atoms with Crippen molar-refractivity contribution < 1.29 is 4.74 Å². The molecule has 0 aromatic heterocycles. The highest BCUT2D eigenvalue weighted by Crippen LogP contribution is 2.41. The first-order valence-electron chi connectivity index (χ1n) is 5.08. The van der Waals surface area contributed by atoms with Crippen LogP contribution in [0.15, 0.2) is 28.7 Å².